The Morgan fingerprint density at radius 1 is 1.50 bits per heavy atom. The summed E-state index contributed by atoms with van der Waals surface area (Å²) in [5.74, 6) is 0. The summed E-state index contributed by atoms with van der Waals surface area (Å²) in [4.78, 5) is 3.95. The van der Waals surface area contributed by atoms with Crippen molar-refractivity contribution >= 4 is 22.9 Å². The van der Waals surface area contributed by atoms with Crippen molar-refractivity contribution in [3.63, 3.8) is 0 Å². The third kappa shape index (κ3) is 2.06. The highest BCUT2D eigenvalue weighted by Gasteiger charge is 2.51. The molecule has 1 fully saturated rings. The largest absolute Gasteiger partial charge is 0.344 e. The van der Waals surface area contributed by atoms with Crippen molar-refractivity contribution in [3.8, 4) is 0 Å². The van der Waals surface area contributed by atoms with Gasteiger partial charge in [-0.2, -0.15) is 0 Å². The van der Waals surface area contributed by atoms with Crippen molar-refractivity contribution in [2.24, 2.45) is 0 Å². The van der Waals surface area contributed by atoms with Crippen molar-refractivity contribution < 1.29 is 10.2 Å². The maximum Gasteiger partial charge on any atom is 0.291 e. The van der Waals surface area contributed by atoms with Gasteiger partial charge in [-0.3, -0.25) is 0 Å². The number of fused-ring (bicyclic) bond motifs is 1. The highest BCUT2D eigenvalue weighted by molar-refractivity contribution is 7.11. The molecule has 0 radical (unpaired) electrons. The molecule has 0 N–H and O–H groups in total. The van der Waals surface area contributed by atoms with Gasteiger partial charge in [-0.1, -0.05) is 22.9 Å². The third-order valence-corrected chi connectivity index (χ3v) is 5.33. The van der Waals surface area contributed by atoms with Crippen LogP contribution in [-0.4, -0.2) is 25.5 Å². The van der Waals surface area contributed by atoms with E-state index in [-0.39, 0.29) is 23.6 Å². The fraction of sp³-hybridized carbons (Fsp3) is 0.429. The van der Waals surface area contributed by atoms with Crippen molar-refractivity contribution in [1.29, 1.82) is 0 Å². The molecule has 0 spiro atoms. The second-order valence-corrected chi connectivity index (χ2v) is 7.01. The molecule has 2 aliphatic heterocycles. The van der Waals surface area contributed by atoms with Crippen molar-refractivity contribution in [2.75, 3.05) is 0 Å². The molecular weight excluding hydrogens is 330 g/mol. The van der Waals surface area contributed by atoms with Crippen molar-refractivity contribution in [3.05, 3.63) is 45.3 Å². The number of hydrogen-bond acceptors (Lipinski definition) is 5. The van der Waals surface area contributed by atoms with Gasteiger partial charge in [0, 0.05) is 19.3 Å². The average molecular weight is 344 g/mol. The quantitative estimate of drug-likeness (QED) is 0.825. The number of aromatic nitrogens is 2. The minimum Gasteiger partial charge on any atom is -0.344 e. The van der Waals surface area contributed by atoms with E-state index in [9.17, 15) is 8.78 Å². The molecule has 0 saturated heterocycles. The molecule has 1 aromatic heterocycles. The molecular formula is C14H13ClF2N4S. The smallest absolute Gasteiger partial charge is 0.291 e. The molecule has 1 saturated carbocycles. The van der Waals surface area contributed by atoms with Crippen LogP contribution < -0.4 is 0 Å². The van der Waals surface area contributed by atoms with Gasteiger partial charge >= 0.3 is 0 Å². The predicted molar refractivity (Wildman–Crippen MR) is 80.1 cm³/mol. The molecule has 116 valence electrons. The van der Waals surface area contributed by atoms with Crippen LogP contribution in [0.25, 0.3) is 0 Å². The number of nitrogens with zero attached hydrogens (tertiary/aromatic N) is 4. The number of alkyl halides is 2. The Balaban J connectivity index is 1.76. The Kier molecular flexibility index (Phi) is 2.82. The summed E-state index contributed by atoms with van der Waals surface area (Å²) >= 11 is 7.19. The van der Waals surface area contributed by atoms with Crippen LogP contribution >= 0.6 is 22.9 Å². The summed E-state index contributed by atoms with van der Waals surface area (Å²) in [6.07, 6.45) is 6.16. The second kappa shape index (κ2) is 4.76. The molecule has 0 bridgehead atoms. The van der Waals surface area contributed by atoms with Crippen LogP contribution in [0.2, 0.25) is 0 Å². The van der Waals surface area contributed by atoms with E-state index in [1.165, 1.54) is 0 Å². The first kappa shape index (κ1) is 13.0. The normalized spacial score (nSPS) is 26.0. The lowest BCUT2D eigenvalue weighted by atomic mass is 10.2. The SMILES string of the molecule is [2H]CC1(N2C=C3C(Cl)=CC=CN3C2c2nnc(C(F)F)s2)CC1. The van der Waals surface area contributed by atoms with Crippen LogP contribution in [0.5, 0.6) is 0 Å². The number of allylic oxidation sites excluding steroid dienone is 3. The van der Waals surface area contributed by atoms with Gasteiger partial charge in [-0.05, 0) is 31.9 Å². The molecule has 0 aromatic carbocycles. The van der Waals surface area contributed by atoms with Gasteiger partial charge in [0.2, 0.25) is 0 Å². The van der Waals surface area contributed by atoms with E-state index >= 15 is 0 Å². The van der Waals surface area contributed by atoms with Crippen molar-refractivity contribution in [2.45, 2.75) is 37.9 Å². The Morgan fingerprint density at radius 2 is 2.32 bits per heavy atom. The van der Waals surface area contributed by atoms with Gasteiger partial charge in [0.05, 0.1) is 10.7 Å². The molecule has 4 rings (SSSR count). The summed E-state index contributed by atoms with van der Waals surface area (Å²) in [5, 5.41) is 8.36. The van der Waals surface area contributed by atoms with E-state index in [0.717, 1.165) is 29.9 Å². The van der Waals surface area contributed by atoms with E-state index in [1.807, 2.05) is 28.3 Å². The highest BCUT2D eigenvalue weighted by Crippen LogP contribution is 2.52. The minimum absolute atomic E-state index is 0.243. The van der Waals surface area contributed by atoms with Gasteiger partial charge in [0.25, 0.3) is 6.43 Å². The molecule has 3 aliphatic rings. The standard InChI is InChI=1S/C14H13ClF2N4S/c1-14(4-5-14)21-7-9-8(15)3-2-6-20(9)13(21)12-19-18-11(22-12)10(16)17/h2-3,6-7,10,13H,4-5H2,1H3/i1D. The molecule has 4 nitrogen and oxygen atoms in total. The monoisotopic (exact) mass is 343 g/mol. The molecule has 1 atom stereocenters. The fourth-order valence-corrected chi connectivity index (χ4v) is 3.68. The Labute approximate surface area is 136 Å². The zero-order chi connectivity index (χ0) is 16.2. The van der Waals surface area contributed by atoms with Gasteiger partial charge in [-0.25, -0.2) is 8.78 Å². The maximum atomic E-state index is 12.9. The molecule has 1 unspecified atom stereocenters. The van der Waals surface area contributed by atoms with E-state index in [0.29, 0.717) is 10.0 Å². The Morgan fingerprint density at radius 3 is 2.95 bits per heavy atom. The average Bonchev–Trinajstić information content (AvgIpc) is 3.00. The first-order chi connectivity index (χ1) is 11.1. The predicted octanol–water partition coefficient (Wildman–Crippen LogP) is 4.14. The molecule has 1 aromatic rings. The Hall–Kier alpha value is -1.47. The van der Waals surface area contributed by atoms with E-state index in [1.54, 1.807) is 6.08 Å². The lowest BCUT2D eigenvalue weighted by Crippen LogP contribution is -2.36. The minimum atomic E-state index is -2.63. The topological polar surface area (TPSA) is 32.3 Å². The highest BCUT2D eigenvalue weighted by atomic mass is 35.5. The van der Waals surface area contributed by atoms with E-state index in [2.05, 4.69) is 10.2 Å². The summed E-state index contributed by atoms with van der Waals surface area (Å²) in [7, 11) is 0. The van der Waals surface area contributed by atoms with Gasteiger partial charge in [0.15, 0.2) is 16.2 Å². The number of rotatable bonds is 3. The Bertz CT molecular complexity index is 728. The van der Waals surface area contributed by atoms with E-state index in [4.69, 9.17) is 13.0 Å². The summed E-state index contributed by atoms with van der Waals surface area (Å²) in [6, 6.07) is 0. The van der Waals surface area contributed by atoms with Gasteiger partial charge in [-0.15, -0.1) is 10.2 Å². The van der Waals surface area contributed by atoms with Crippen LogP contribution in [0, 0.1) is 0 Å². The first-order valence-corrected chi connectivity index (χ1v) is 7.99. The van der Waals surface area contributed by atoms with Crippen molar-refractivity contribution in [1.82, 2.24) is 20.0 Å². The zero-order valence-corrected chi connectivity index (χ0v) is 13.0. The maximum absolute atomic E-state index is 12.9. The van der Waals surface area contributed by atoms with Crippen LogP contribution in [-0.2, 0) is 0 Å². The summed E-state index contributed by atoms with van der Waals surface area (Å²) < 4.78 is 33.6. The van der Waals surface area contributed by atoms with Crippen LogP contribution in [0.4, 0.5) is 8.78 Å². The van der Waals surface area contributed by atoms with Crippen LogP contribution in [0.3, 0.4) is 0 Å². The van der Waals surface area contributed by atoms with Crippen LogP contribution in [0.15, 0.2) is 35.3 Å². The molecule has 0 amide bonds. The van der Waals surface area contributed by atoms with E-state index < -0.39 is 6.43 Å². The fourth-order valence-electron chi connectivity index (χ4n) is 2.66. The lowest BCUT2D eigenvalue weighted by molar-refractivity contribution is 0.135. The van der Waals surface area contributed by atoms with Crippen LogP contribution in [0.1, 0.15) is 43.7 Å². The van der Waals surface area contributed by atoms with Gasteiger partial charge in [0.1, 0.15) is 0 Å². The number of hydrogen-bond donors (Lipinski definition) is 0. The number of halogens is 3. The first-order valence-electron chi connectivity index (χ1n) is 7.50. The lowest BCUT2D eigenvalue weighted by Gasteiger charge is -2.34. The summed E-state index contributed by atoms with van der Waals surface area (Å²) in [5.41, 5.74) is 0.532. The third-order valence-electron chi connectivity index (χ3n) is 4.04. The second-order valence-electron chi connectivity index (χ2n) is 5.56. The molecule has 22 heavy (non-hydrogen) atoms. The molecule has 8 heteroatoms. The zero-order valence-electron chi connectivity index (χ0n) is 12.4. The van der Waals surface area contributed by atoms with Gasteiger partial charge < -0.3 is 9.80 Å². The molecule has 1 aliphatic carbocycles. The molecule has 3 heterocycles. The summed E-state index contributed by atoms with van der Waals surface area (Å²) in [6.45, 7) is 0.243.